The third-order valence-electron chi connectivity index (χ3n) is 5.81. The quantitative estimate of drug-likeness (QED) is 0.654. The normalized spacial score (nSPS) is 17.9. The van der Waals surface area contributed by atoms with E-state index in [1.807, 2.05) is 24.4 Å². The zero-order chi connectivity index (χ0) is 20.2. The summed E-state index contributed by atoms with van der Waals surface area (Å²) in [6.45, 7) is 8.00. The van der Waals surface area contributed by atoms with Gasteiger partial charge in [0.25, 0.3) is 0 Å². The van der Waals surface area contributed by atoms with Gasteiger partial charge in [-0.2, -0.15) is 0 Å². The van der Waals surface area contributed by atoms with E-state index < -0.39 is 0 Å². The first-order valence-electron chi connectivity index (χ1n) is 10.7. The van der Waals surface area contributed by atoms with Crippen molar-refractivity contribution in [1.29, 1.82) is 0 Å². The molecule has 30 heavy (non-hydrogen) atoms. The van der Waals surface area contributed by atoms with Crippen LogP contribution in [0.4, 0.5) is 0 Å². The van der Waals surface area contributed by atoms with Crippen molar-refractivity contribution in [3.05, 3.63) is 77.7 Å². The summed E-state index contributed by atoms with van der Waals surface area (Å²) in [4.78, 5) is 9.42. The van der Waals surface area contributed by atoms with Crippen LogP contribution in [-0.4, -0.2) is 58.8 Å². The Kier molecular flexibility index (Phi) is 5.79. The van der Waals surface area contributed by atoms with Gasteiger partial charge < -0.3 is 14.0 Å². The van der Waals surface area contributed by atoms with Gasteiger partial charge in [-0.3, -0.25) is 9.80 Å². The van der Waals surface area contributed by atoms with E-state index in [4.69, 9.17) is 9.47 Å². The number of hydrogen-bond donors (Lipinski definition) is 0. The highest BCUT2D eigenvalue weighted by Gasteiger charge is 2.19. The van der Waals surface area contributed by atoms with Gasteiger partial charge in [0.1, 0.15) is 18.2 Å². The minimum absolute atomic E-state index is 0.708. The van der Waals surface area contributed by atoms with E-state index in [0.717, 1.165) is 64.0 Å². The maximum Gasteiger partial charge on any atom is 0.136 e. The third-order valence-corrected chi connectivity index (χ3v) is 5.81. The molecule has 4 heterocycles. The minimum atomic E-state index is 0.708. The Hall–Kier alpha value is -2.67. The van der Waals surface area contributed by atoms with Gasteiger partial charge in [0.05, 0.1) is 13.2 Å². The van der Waals surface area contributed by atoms with Crippen molar-refractivity contribution >= 4 is 0 Å². The van der Waals surface area contributed by atoms with Crippen molar-refractivity contribution in [1.82, 2.24) is 19.4 Å². The molecular formula is C24H28N4O2. The van der Waals surface area contributed by atoms with E-state index >= 15 is 0 Å². The lowest BCUT2D eigenvalue weighted by Crippen LogP contribution is -2.35. The number of hydrogen-bond acceptors (Lipinski definition) is 5. The van der Waals surface area contributed by atoms with E-state index in [1.54, 1.807) is 0 Å². The Bertz CT molecular complexity index is 966. The lowest BCUT2D eigenvalue weighted by molar-refractivity contribution is 0.0342. The smallest absolute Gasteiger partial charge is 0.136 e. The summed E-state index contributed by atoms with van der Waals surface area (Å²) in [6.07, 6.45) is 3.92. The largest absolute Gasteiger partial charge is 0.492 e. The van der Waals surface area contributed by atoms with Crippen molar-refractivity contribution in [2.75, 3.05) is 39.5 Å². The number of nitrogens with zero attached hydrogens (tertiary/aromatic N) is 4. The van der Waals surface area contributed by atoms with Crippen LogP contribution in [0, 0.1) is 0 Å². The van der Waals surface area contributed by atoms with Crippen LogP contribution in [0.15, 0.2) is 60.9 Å². The van der Waals surface area contributed by atoms with Gasteiger partial charge in [0, 0.05) is 62.9 Å². The zero-order valence-electron chi connectivity index (χ0n) is 17.2. The van der Waals surface area contributed by atoms with Gasteiger partial charge in [-0.05, 0) is 42.0 Å². The van der Waals surface area contributed by atoms with Crippen molar-refractivity contribution in [3.8, 4) is 11.6 Å². The van der Waals surface area contributed by atoms with Crippen LogP contribution in [0.5, 0.6) is 5.75 Å². The fourth-order valence-electron chi connectivity index (χ4n) is 4.25. The molecule has 0 radical (unpaired) electrons. The van der Waals surface area contributed by atoms with Crippen molar-refractivity contribution in [3.63, 3.8) is 0 Å². The lowest BCUT2D eigenvalue weighted by Gasteiger charge is -2.27. The minimum Gasteiger partial charge on any atom is -0.492 e. The zero-order valence-corrected chi connectivity index (χ0v) is 17.2. The molecule has 0 saturated carbocycles. The predicted molar refractivity (Wildman–Crippen MR) is 116 cm³/mol. The second kappa shape index (κ2) is 9.00. The van der Waals surface area contributed by atoms with Crippen LogP contribution < -0.4 is 4.74 Å². The number of fused-ring (bicyclic) bond motifs is 1. The summed E-state index contributed by atoms with van der Waals surface area (Å²) in [5, 5.41) is 0. The first kappa shape index (κ1) is 19.3. The van der Waals surface area contributed by atoms with Gasteiger partial charge in [-0.15, -0.1) is 0 Å². The highest BCUT2D eigenvalue weighted by molar-refractivity contribution is 5.38. The Labute approximate surface area is 177 Å². The Morgan fingerprint density at radius 1 is 0.867 bits per heavy atom. The number of pyridine rings is 1. The van der Waals surface area contributed by atoms with Gasteiger partial charge in [0.15, 0.2) is 0 Å². The molecule has 0 bridgehead atoms. The van der Waals surface area contributed by atoms with E-state index in [9.17, 15) is 0 Å². The topological polar surface area (TPSA) is 42.8 Å². The molecule has 0 spiro atoms. The van der Waals surface area contributed by atoms with E-state index in [1.165, 1.54) is 16.8 Å². The Morgan fingerprint density at radius 3 is 2.63 bits per heavy atom. The molecule has 0 unspecified atom stereocenters. The van der Waals surface area contributed by atoms with Crippen LogP contribution in [0.3, 0.4) is 0 Å². The highest BCUT2D eigenvalue weighted by Crippen LogP contribution is 2.26. The lowest BCUT2D eigenvalue weighted by atomic mass is 10.1. The maximum absolute atomic E-state index is 6.06. The second-order valence-corrected chi connectivity index (χ2v) is 7.95. The van der Waals surface area contributed by atoms with Gasteiger partial charge in [-0.1, -0.05) is 12.1 Å². The summed E-state index contributed by atoms with van der Waals surface area (Å²) in [5.41, 5.74) is 3.86. The summed E-state index contributed by atoms with van der Waals surface area (Å²) in [7, 11) is 0. The van der Waals surface area contributed by atoms with Crippen molar-refractivity contribution < 1.29 is 9.47 Å². The monoisotopic (exact) mass is 404 g/mol. The molecule has 2 aliphatic heterocycles. The van der Waals surface area contributed by atoms with E-state index in [2.05, 4.69) is 55.9 Å². The molecule has 1 saturated heterocycles. The Balaban J connectivity index is 1.31. The summed E-state index contributed by atoms with van der Waals surface area (Å²) < 4.78 is 13.7. The SMILES string of the molecule is c1ccc(-n2cccc2CN2CCOc3ccc(CN4CCOCC4)cc3C2)nc1. The predicted octanol–water partition coefficient (Wildman–Crippen LogP) is 3.10. The molecule has 6 heteroatoms. The van der Waals surface area contributed by atoms with E-state index in [0.29, 0.717) is 6.61 Å². The average molecular weight is 405 g/mol. The first-order valence-corrected chi connectivity index (χ1v) is 10.7. The summed E-state index contributed by atoms with van der Waals surface area (Å²) in [6, 6.07) is 17.0. The van der Waals surface area contributed by atoms with Crippen LogP contribution in [0.25, 0.3) is 5.82 Å². The average Bonchev–Trinajstić information content (AvgIpc) is 3.15. The molecule has 0 N–H and O–H groups in total. The molecule has 1 aromatic carbocycles. The molecule has 0 atom stereocenters. The molecule has 1 fully saturated rings. The van der Waals surface area contributed by atoms with Crippen LogP contribution in [-0.2, 0) is 24.4 Å². The number of ether oxygens (including phenoxy) is 2. The highest BCUT2D eigenvalue weighted by atomic mass is 16.5. The standard InChI is InChI=1S/C24H28N4O2/c1-2-8-25-24(5-1)28-9-3-4-22(28)19-27-12-15-30-23-7-6-20(16-21(23)18-27)17-26-10-13-29-14-11-26/h1-9,16H,10-15,17-19H2. The molecule has 5 rings (SSSR count). The molecular weight excluding hydrogens is 376 g/mol. The van der Waals surface area contributed by atoms with Crippen LogP contribution in [0.1, 0.15) is 16.8 Å². The summed E-state index contributed by atoms with van der Waals surface area (Å²) in [5.74, 6) is 1.97. The number of benzene rings is 1. The second-order valence-electron chi connectivity index (χ2n) is 7.95. The van der Waals surface area contributed by atoms with Crippen LogP contribution >= 0.6 is 0 Å². The maximum atomic E-state index is 6.06. The molecule has 0 aliphatic carbocycles. The van der Waals surface area contributed by atoms with Gasteiger partial charge in [-0.25, -0.2) is 4.98 Å². The third kappa shape index (κ3) is 4.41. The van der Waals surface area contributed by atoms with Crippen molar-refractivity contribution in [2.45, 2.75) is 19.6 Å². The molecule has 156 valence electrons. The van der Waals surface area contributed by atoms with Crippen LogP contribution in [0.2, 0.25) is 0 Å². The number of rotatable bonds is 5. The molecule has 6 nitrogen and oxygen atoms in total. The first-order chi connectivity index (χ1) is 14.8. The molecule has 3 aromatic rings. The Morgan fingerprint density at radius 2 is 1.77 bits per heavy atom. The fourth-order valence-corrected chi connectivity index (χ4v) is 4.25. The number of morpholine rings is 1. The van der Waals surface area contributed by atoms with E-state index in [-0.39, 0.29) is 0 Å². The molecule has 2 aliphatic rings. The molecule has 2 aromatic heterocycles. The fraction of sp³-hybridized carbons (Fsp3) is 0.375. The number of aromatic nitrogens is 2. The molecule has 0 amide bonds. The van der Waals surface area contributed by atoms with Gasteiger partial charge >= 0.3 is 0 Å². The van der Waals surface area contributed by atoms with Gasteiger partial charge in [0.2, 0.25) is 0 Å². The summed E-state index contributed by atoms with van der Waals surface area (Å²) >= 11 is 0. The van der Waals surface area contributed by atoms with Crippen molar-refractivity contribution in [2.24, 2.45) is 0 Å².